The smallest absolute Gasteiger partial charge is 0.292 e. The summed E-state index contributed by atoms with van der Waals surface area (Å²) in [5, 5.41) is 13.9. The molecule has 0 unspecified atom stereocenters. The number of nitrogens with one attached hydrogen (secondary N) is 1. The predicted molar refractivity (Wildman–Crippen MR) is 121 cm³/mol. The lowest BCUT2D eigenvalue weighted by molar-refractivity contribution is -0.383. The van der Waals surface area contributed by atoms with Crippen molar-refractivity contribution in [2.24, 2.45) is 0 Å². The Morgan fingerprint density at radius 2 is 2.03 bits per heavy atom. The summed E-state index contributed by atoms with van der Waals surface area (Å²) in [4.78, 5) is 42.6. The summed E-state index contributed by atoms with van der Waals surface area (Å²) in [6.07, 6.45) is 4.65. The van der Waals surface area contributed by atoms with E-state index in [1.165, 1.54) is 30.2 Å². The van der Waals surface area contributed by atoms with Gasteiger partial charge < -0.3 is 19.5 Å². The second kappa shape index (κ2) is 9.11. The predicted octanol–water partition coefficient (Wildman–Crippen LogP) is 3.34. The molecule has 1 N–H and O–H groups in total. The fourth-order valence-corrected chi connectivity index (χ4v) is 3.98. The molecule has 1 atom stereocenters. The van der Waals surface area contributed by atoms with E-state index < -0.39 is 16.9 Å². The lowest BCUT2D eigenvalue weighted by atomic mass is 10.1. The number of nitro benzene ring substituents is 1. The molecule has 33 heavy (non-hydrogen) atoms. The number of ether oxygens (including phenoxy) is 1. The Morgan fingerprint density at radius 1 is 1.24 bits per heavy atom. The summed E-state index contributed by atoms with van der Waals surface area (Å²) >= 11 is 0. The molecule has 0 radical (unpaired) electrons. The first kappa shape index (κ1) is 22.0. The third kappa shape index (κ3) is 4.40. The number of para-hydroxylation sites is 2. The van der Waals surface area contributed by atoms with Crippen molar-refractivity contribution in [2.45, 2.75) is 25.8 Å². The summed E-state index contributed by atoms with van der Waals surface area (Å²) < 4.78 is 7.30. The quantitative estimate of drug-likeness (QED) is 0.455. The molecule has 10 heteroatoms. The number of aromatic nitrogens is 2. The van der Waals surface area contributed by atoms with E-state index in [0.717, 1.165) is 11.4 Å². The summed E-state index contributed by atoms with van der Waals surface area (Å²) in [6.45, 7) is 2.29. The first-order chi connectivity index (χ1) is 15.9. The highest BCUT2D eigenvalue weighted by Crippen LogP contribution is 2.29. The Morgan fingerprint density at radius 3 is 2.73 bits per heavy atom. The van der Waals surface area contributed by atoms with Crippen LogP contribution in [0.3, 0.4) is 0 Å². The van der Waals surface area contributed by atoms with Crippen molar-refractivity contribution in [1.82, 2.24) is 14.5 Å². The number of nitro groups is 1. The first-order valence-electron chi connectivity index (χ1n) is 10.4. The number of benzene rings is 2. The molecule has 1 aromatic heterocycles. The molecule has 3 aromatic rings. The lowest BCUT2D eigenvalue weighted by Gasteiger charge is -2.24. The third-order valence-electron chi connectivity index (χ3n) is 5.59. The van der Waals surface area contributed by atoms with Crippen molar-refractivity contribution in [3.63, 3.8) is 0 Å². The van der Waals surface area contributed by atoms with Crippen LogP contribution in [0.4, 0.5) is 11.4 Å². The van der Waals surface area contributed by atoms with E-state index in [1.807, 2.05) is 13.1 Å². The Labute approximate surface area is 189 Å². The molecule has 2 amide bonds. The van der Waals surface area contributed by atoms with Gasteiger partial charge in [-0.3, -0.25) is 19.7 Å². The van der Waals surface area contributed by atoms with Gasteiger partial charge in [0.25, 0.3) is 11.6 Å². The Bertz CT molecular complexity index is 1220. The van der Waals surface area contributed by atoms with Gasteiger partial charge in [0, 0.05) is 24.4 Å². The second-order valence-electron chi connectivity index (χ2n) is 7.73. The van der Waals surface area contributed by atoms with Crippen LogP contribution < -0.4 is 10.1 Å². The standard InChI is InChI=1S/C23H23N5O5/c1-15-13-26(14-24-15)19-10-9-16(12-21(19)33-2)23(30)27-11-5-8-20(27)22(29)25-17-6-3-4-7-18(17)28(31)32/h3-4,6-7,9-10,12-14,20H,5,8,11H2,1-2H3,(H,25,29)/t20-/m0/s1. The van der Waals surface area contributed by atoms with Crippen molar-refractivity contribution < 1.29 is 19.2 Å². The van der Waals surface area contributed by atoms with Crippen molar-refractivity contribution in [3.8, 4) is 11.4 Å². The fourth-order valence-electron chi connectivity index (χ4n) is 3.98. The van der Waals surface area contributed by atoms with Crippen LogP contribution in [-0.2, 0) is 4.79 Å². The number of likely N-dealkylation sites (tertiary alicyclic amines) is 1. The molecule has 0 spiro atoms. The summed E-state index contributed by atoms with van der Waals surface area (Å²) in [5.41, 5.74) is 1.88. The van der Waals surface area contributed by atoms with Gasteiger partial charge in [0.2, 0.25) is 5.91 Å². The minimum atomic E-state index is -0.723. The van der Waals surface area contributed by atoms with Crippen LogP contribution in [-0.4, -0.2) is 50.9 Å². The van der Waals surface area contributed by atoms with Crippen LogP contribution >= 0.6 is 0 Å². The number of nitrogens with zero attached hydrogens (tertiary/aromatic N) is 4. The Balaban J connectivity index is 1.55. The number of aryl methyl sites for hydroxylation is 1. The maximum absolute atomic E-state index is 13.3. The molecule has 1 aliphatic rings. The van der Waals surface area contributed by atoms with E-state index >= 15 is 0 Å². The maximum Gasteiger partial charge on any atom is 0.292 e. The average molecular weight is 449 g/mol. The molecule has 2 heterocycles. The zero-order chi connectivity index (χ0) is 23.5. The topological polar surface area (TPSA) is 120 Å². The van der Waals surface area contributed by atoms with Crippen LogP contribution in [0.1, 0.15) is 28.9 Å². The number of amides is 2. The average Bonchev–Trinajstić information content (AvgIpc) is 3.47. The lowest BCUT2D eigenvalue weighted by Crippen LogP contribution is -2.43. The van der Waals surface area contributed by atoms with E-state index in [0.29, 0.717) is 30.7 Å². The molecule has 0 bridgehead atoms. The first-order valence-corrected chi connectivity index (χ1v) is 10.4. The van der Waals surface area contributed by atoms with Crippen molar-refractivity contribution in [1.29, 1.82) is 0 Å². The fraction of sp³-hybridized carbons (Fsp3) is 0.261. The number of methoxy groups -OCH3 is 1. The van der Waals surface area contributed by atoms with Crippen LogP contribution in [0, 0.1) is 17.0 Å². The largest absolute Gasteiger partial charge is 0.495 e. The zero-order valence-electron chi connectivity index (χ0n) is 18.2. The van der Waals surface area contributed by atoms with Crippen molar-refractivity contribution in [2.75, 3.05) is 19.0 Å². The number of hydrogen-bond acceptors (Lipinski definition) is 6. The number of anilines is 1. The Kier molecular flexibility index (Phi) is 6.07. The molecule has 1 fully saturated rings. The van der Waals surface area contributed by atoms with E-state index in [2.05, 4.69) is 10.3 Å². The maximum atomic E-state index is 13.3. The molecular formula is C23H23N5O5. The van der Waals surface area contributed by atoms with Gasteiger partial charge in [0.15, 0.2) is 0 Å². The van der Waals surface area contributed by atoms with Gasteiger partial charge in [-0.25, -0.2) is 4.98 Å². The van der Waals surface area contributed by atoms with Gasteiger partial charge in [-0.2, -0.15) is 0 Å². The van der Waals surface area contributed by atoms with Gasteiger partial charge in [-0.15, -0.1) is 0 Å². The van der Waals surface area contributed by atoms with Gasteiger partial charge in [0.05, 0.1) is 29.7 Å². The highest BCUT2D eigenvalue weighted by Gasteiger charge is 2.35. The number of imidazole rings is 1. The zero-order valence-corrected chi connectivity index (χ0v) is 18.2. The summed E-state index contributed by atoms with van der Waals surface area (Å²) in [7, 11) is 1.52. The molecule has 10 nitrogen and oxygen atoms in total. The number of rotatable bonds is 6. The van der Waals surface area contributed by atoms with Crippen LogP contribution in [0.15, 0.2) is 55.0 Å². The minimum absolute atomic E-state index is 0.105. The third-order valence-corrected chi connectivity index (χ3v) is 5.59. The van der Waals surface area contributed by atoms with E-state index in [1.54, 1.807) is 35.2 Å². The van der Waals surface area contributed by atoms with Gasteiger partial charge in [0.1, 0.15) is 17.5 Å². The van der Waals surface area contributed by atoms with Crippen molar-refractivity contribution in [3.05, 3.63) is 76.4 Å². The monoisotopic (exact) mass is 449 g/mol. The van der Waals surface area contributed by atoms with Gasteiger partial charge >= 0.3 is 0 Å². The van der Waals surface area contributed by atoms with E-state index in [9.17, 15) is 19.7 Å². The number of carbonyl (C=O) groups is 2. The minimum Gasteiger partial charge on any atom is -0.495 e. The second-order valence-corrected chi connectivity index (χ2v) is 7.73. The molecule has 2 aromatic carbocycles. The summed E-state index contributed by atoms with van der Waals surface area (Å²) in [5.74, 6) is -0.257. The van der Waals surface area contributed by atoms with Crippen LogP contribution in [0.5, 0.6) is 5.75 Å². The normalized spacial score (nSPS) is 15.3. The molecule has 1 saturated heterocycles. The molecule has 170 valence electrons. The van der Waals surface area contributed by atoms with Gasteiger partial charge in [-0.1, -0.05) is 12.1 Å². The van der Waals surface area contributed by atoms with Crippen molar-refractivity contribution >= 4 is 23.2 Å². The molecule has 4 rings (SSSR count). The molecule has 0 saturated carbocycles. The molecular weight excluding hydrogens is 426 g/mol. The number of carbonyl (C=O) groups excluding carboxylic acids is 2. The summed E-state index contributed by atoms with van der Waals surface area (Å²) in [6, 6.07) is 10.3. The van der Waals surface area contributed by atoms with Crippen LogP contribution in [0.2, 0.25) is 0 Å². The molecule has 1 aliphatic heterocycles. The highest BCUT2D eigenvalue weighted by atomic mass is 16.6. The Hall–Kier alpha value is -4.21. The van der Waals surface area contributed by atoms with Gasteiger partial charge in [-0.05, 0) is 44.0 Å². The SMILES string of the molecule is COc1cc(C(=O)N2CCC[C@H]2C(=O)Nc2ccccc2[N+](=O)[O-])ccc1-n1cnc(C)c1. The van der Waals surface area contributed by atoms with E-state index in [4.69, 9.17) is 4.74 Å². The molecule has 0 aliphatic carbocycles. The number of hydrogen-bond donors (Lipinski definition) is 1. The van der Waals surface area contributed by atoms with Crippen LogP contribution in [0.25, 0.3) is 5.69 Å². The highest BCUT2D eigenvalue weighted by molar-refractivity contribution is 6.02. The van der Waals surface area contributed by atoms with E-state index in [-0.39, 0.29) is 17.3 Å².